The van der Waals surface area contributed by atoms with E-state index in [9.17, 15) is 20.1 Å². The third-order valence-corrected chi connectivity index (χ3v) is 10.5. The van der Waals surface area contributed by atoms with Crippen molar-refractivity contribution in [1.29, 1.82) is 0 Å². The molecule has 7 nitrogen and oxygen atoms in total. The number of aryl methyl sites for hydroxylation is 1. The molecule has 3 N–H and O–H groups in total. The molecule has 42 heavy (non-hydrogen) atoms. The Bertz CT molecular complexity index is 1410. The molecular weight excluding hydrogens is 552 g/mol. The molecule has 0 aromatic heterocycles. The number of nitrogens with zero attached hydrogens (tertiary/aromatic N) is 2. The number of halogens is 1. The average molecular weight is 593 g/mol. The zero-order chi connectivity index (χ0) is 29.6. The van der Waals surface area contributed by atoms with Crippen LogP contribution in [0.2, 0.25) is 5.02 Å². The smallest absolute Gasteiger partial charge is 0.340 e. The van der Waals surface area contributed by atoms with Crippen molar-refractivity contribution in [3.63, 3.8) is 0 Å². The van der Waals surface area contributed by atoms with Gasteiger partial charge in [-0.2, -0.15) is 0 Å². The molecule has 2 aromatic rings. The molecule has 5 atom stereocenters. The van der Waals surface area contributed by atoms with Crippen LogP contribution in [0, 0.1) is 11.8 Å². The van der Waals surface area contributed by atoms with Crippen molar-refractivity contribution in [2.45, 2.75) is 62.1 Å². The van der Waals surface area contributed by atoms with Crippen molar-refractivity contribution in [3.05, 3.63) is 82.5 Å². The molecule has 2 bridgehead atoms. The number of ether oxygens (including phenoxy) is 1. The summed E-state index contributed by atoms with van der Waals surface area (Å²) >= 11 is 6.40. The largest absolute Gasteiger partial charge is 0.490 e. The van der Waals surface area contributed by atoms with Crippen LogP contribution >= 0.6 is 11.6 Å². The van der Waals surface area contributed by atoms with Gasteiger partial charge in [-0.05, 0) is 91.3 Å². The molecule has 1 fully saturated rings. The molecule has 2 heterocycles. The second-order valence-corrected chi connectivity index (χ2v) is 13.3. The van der Waals surface area contributed by atoms with Gasteiger partial charge in [0.2, 0.25) is 0 Å². The van der Waals surface area contributed by atoms with Crippen LogP contribution in [0.4, 0.5) is 5.69 Å². The van der Waals surface area contributed by atoms with Gasteiger partial charge in [0.1, 0.15) is 5.75 Å². The molecule has 0 saturated heterocycles. The van der Waals surface area contributed by atoms with Crippen LogP contribution in [0.25, 0.3) is 0 Å². The molecule has 2 aliphatic carbocycles. The van der Waals surface area contributed by atoms with E-state index in [-0.39, 0.29) is 17.8 Å². The summed E-state index contributed by atoms with van der Waals surface area (Å²) in [6, 6.07) is 11.5. The summed E-state index contributed by atoms with van der Waals surface area (Å²) in [5.41, 5.74) is 1.70. The molecule has 2 aromatic carbocycles. The van der Waals surface area contributed by atoms with Gasteiger partial charge < -0.3 is 29.9 Å². The SMILES string of the molecule is C=C1C[C@@](O)(C(=O)O)c2ccc3c(c2)N(C[C@@H]2CC[C@H]2[C@@H](O)C/C=C\CN1C)C[C@@]1(CCCc2cc(Cl)ccc21)CO3. The first-order chi connectivity index (χ1) is 20.1. The van der Waals surface area contributed by atoms with E-state index < -0.39 is 17.7 Å². The van der Waals surface area contributed by atoms with Gasteiger partial charge in [0.25, 0.3) is 0 Å². The maximum atomic E-state index is 12.6. The second-order valence-electron chi connectivity index (χ2n) is 12.9. The molecule has 0 amide bonds. The lowest BCUT2D eigenvalue weighted by Gasteiger charge is -2.45. The Morgan fingerprint density at radius 1 is 1.17 bits per heavy atom. The highest BCUT2D eigenvalue weighted by Gasteiger charge is 2.45. The van der Waals surface area contributed by atoms with E-state index in [2.05, 4.69) is 23.6 Å². The average Bonchev–Trinajstić information content (AvgIpc) is 3.09. The molecule has 6 rings (SSSR count). The third-order valence-electron chi connectivity index (χ3n) is 10.2. The Hall–Kier alpha value is -3.00. The third kappa shape index (κ3) is 5.20. The van der Waals surface area contributed by atoms with Gasteiger partial charge in [0, 0.05) is 49.2 Å². The predicted molar refractivity (Wildman–Crippen MR) is 164 cm³/mol. The maximum absolute atomic E-state index is 12.6. The number of carboxylic acid groups (broad SMARTS) is 1. The summed E-state index contributed by atoms with van der Waals surface area (Å²) in [5.74, 6) is -0.148. The molecule has 8 heteroatoms. The molecule has 1 saturated carbocycles. The number of fused-ring (bicyclic) bond motifs is 4. The molecule has 224 valence electrons. The lowest BCUT2D eigenvalue weighted by molar-refractivity contribution is -0.160. The normalized spacial score (nSPS) is 32.2. The molecule has 0 unspecified atom stereocenters. The summed E-state index contributed by atoms with van der Waals surface area (Å²) in [6.45, 7) is 6.52. The van der Waals surface area contributed by atoms with Gasteiger partial charge >= 0.3 is 5.97 Å². The van der Waals surface area contributed by atoms with E-state index in [0.717, 1.165) is 49.4 Å². The number of hydrogen-bond acceptors (Lipinski definition) is 6. The van der Waals surface area contributed by atoms with Crippen LogP contribution < -0.4 is 9.64 Å². The van der Waals surface area contributed by atoms with Crippen molar-refractivity contribution in [2.75, 3.05) is 38.2 Å². The summed E-state index contributed by atoms with van der Waals surface area (Å²) in [7, 11) is 1.83. The summed E-state index contributed by atoms with van der Waals surface area (Å²) < 4.78 is 6.57. The second kappa shape index (κ2) is 11.3. The minimum atomic E-state index is -2.15. The van der Waals surface area contributed by atoms with Crippen molar-refractivity contribution in [2.24, 2.45) is 11.8 Å². The Morgan fingerprint density at radius 3 is 2.76 bits per heavy atom. The number of aliphatic carboxylic acids is 1. The van der Waals surface area contributed by atoms with Crippen LogP contribution in [0.1, 0.15) is 55.2 Å². The zero-order valence-corrected chi connectivity index (χ0v) is 25.0. The van der Waals surface area contributed by atoms with E-state index in [1.54, 1.807) is 12.1 Å². The van der Waals surface area contributed by atoms with Crippen molar-refractivity contribution < 1.29 is 24.9 Å². The molecular formula is C34H41ClN2O5. The van der Waals surface area contributed by atoms with Gasteiger partial charge in [-0.25, -0.2) is 4.79 Å². The minimum Gasteiger partial charge on any atom is -0.490 e. The highest BCUT2D eigenvalue weighted by Crippen LogP contribution is 2.47. The van der Waals surface area contributed by atoms with E-state index in [0.29, 0.717) is 49.0 Å². The standard InChI is InChI=1S/C34H41ClN2O5/c1-22-18-34(41,32(39)40)25-9-13-31-29(17-25)37(19-24-8-11-27(24)30(38)7-3-4-15-36(22)2)20-33(21-42-31)14-5-6-23-16-26(35)10-12-28(23)33/h3-4,9-10,12-13,16-17,24,27,30,38,41H,1,5-8,11,14-15,18-21H2,2H3,(H,39,40)/b4-3-/t24-,27+,30-,33-,34-/m0/s1. The van der Waals surface area contributed by atoms with Crippen molar-refractivity contribution >= 4 is 23.3 Å². The lowest BCUT2D eigenvalue weighted by Crippen LogP contribution is -2.49. The summed E-state index contributed by atoms with van der Waals surface area (Å²) in [6.07, 6.45) is 8.95. The molecule has 4 aliphatic rings. The Labute approximate surface area is 253 Å². The molecule has 2 aliphatic heterocycles. The van der Waals surface area contributed by atoms with E-state index in [4.69, 9.17) is 16.3 Å². The van der Waals surface area contributed by atoms with E-state index in [1.165, 1.54) is 11.1 Å². The quantitative estimate of drug-likeness (QED) is 0.389. The number of anilines is 1. The number of aliphatic hydroxyl groups is 2. The Balaban J connectivity index is 1.46. The maximum Gasteiger partial charge on any atom is 0.340 e. The van der Waals surface area contributed by atoms with Crippen molar-refractivity contribution in [3.8, 4) is 5.75 Å². The van der Waals surface area contributed by atoms with Gasteiger partial charge in [0.05, 0.1) is 18.4 Å². The van der Waals surface area contributed by atoms with Crippen molar-refractivity contribution in [1.82, 2.24) is 4.90 Å². The van der Waals surface area contributed by atoms with E-state index >= 15 is 0 Å². The molecule has 0 radical (unpaired) electrons. The fourth-order valence-electron chi connectivity index (χ4n) is 7.49. The van der Waals surface area contributed by atoms with Crippen LogP contribution in [0.5, 0.6) is 5.75 Å². The first kappa shape index (κ1) is 29.1. The fraction of sp³-hybridized carbons (Fsp3) is 0.500. The number of aliphatic hydroxyl groups excluding tert-OH is 1. The number of hydrogen-bond donors (Lipinski definition) is 3. The van der Waals surface area contributed by atoms with Gasteiger partial charge in [-0.15, -0.1) is 0 Å². The Kier molecular flexibility index (Phi) is 7.79. The number of benzene rings is 2. The number of rotatable bonds is 1. The van der Waals surface area contributed by atoms with Gasteiger partial charge in [0.15, 0.2) is 5.60 Å². The molecule has 1 spiro atoms. The van der Waals surface area contributed by atoms with Crippen LogP contribution in [0.15, 0.2) is 60.8 Å². The van der Waals surface area contributed by atoms with Gasteiger partial charge in [-0.3, -0.25) is 0 Å². The van der Waals surface area contributed by atoms with Gasteiger partial charge in [-0.1, -0.05) is 42.5 Å². The predicted octanol–water partition coefficient (Wildman–Crippen LogP) is 5.27. The summed E-state index contributed by atoms with van der Waals surface area (Å²) in [5, 5.41) is 33.9. The monoisotopic (exact) mass is 592 g/mol. The van der Waals surface area contributed by atoms with Crippen LogP contribution in [-0.2, 0) is 22.2 Å². The highest BCUT2D eigenvalue weighted by atomic mass is 35.5. The van der Waals surface area contributed by atoms with Crippen LogP contribution in [-0.4, -0.2) is 65.6 Å². The zero-order valence-electron chi connectivity index (χ0n) is 24.3. The number of carboxylic acids is 1. The topological polar surface area (TPSA) is 93.5 Å². The fourth-order valence-corrected chi connectivity index (χ4v) is 7.68. The minimum absolute atomic E-state index is 0.155. The number of carbonyl (C=O) groups is 1. The van der Waals surface area contributed by atoms with E-state index in [1.807, 2.05) is 36.2 Å². The summed E-state index contributed by atoms with van der Waals surface area (Å²) in [4.78, 5) is 16.8. The first-order valence-corrected chi connectivity index (χ1v) is 15.5. The lowest BCUT2D eigenvalue weighted by atomic mass is 9.68. The number of likely N-dealkylation sites (N-methyl/N-ethyl adjacent to an activating group) is 1. The Morgan fingerprint density at radius 2 is 2.00 bits per heavy atom. The van der Waals surface area contributed by atoms with Crippen LogP contribution in [0.3, 0.4) is 0 Å². The first-order valence-electron chi connectivity index (χ1n) is 15.1. The highest BCUT2D eigenvalue weighted by molar-refractivity contribution is 6.30.